The maximum Gasteiger partial charge on any atom is 0.351 e. The van der Waals surface area contributed by atoms with Crippen molar-refractivity contribution in [1.82, 2.24) is 14.2 Å². The summed E-state index contributed by atoms with van der Waals surface area (Å²) in [6, 6.07) is 36.3. The number of carbonyl (C=O) groups is 1. The van der Waals surface area contributed by atoms with Gasteiger partial charge in [0.25, 0.3) is 14.4 Å². The SMILES string of the molecule is C#CCCCCC#Cc1cn([C@H]2C[C@H](OP(OCCC#N)N(C(C)C)C(C)C)[C@@H](COC(c3ccccc3)(c3ccc(OC)cc3)c3ccc(OC)cc3)O2)c(=O)nc1NC(=O)c1ccccc1. The molecule has 4 atom stereocenters. The summed E-state index contributed by atoms with van der Waals surface area (Å²) in [6.45, 7) is 8.42. The monoisotopic (exact) mass is 937 g/mol. The molecule has 0 saturated carbocycles. The Morgan fingerprint density at radius 3 is 2.04 bits per heavy atom. The molecule has 0 aliphatic carbocycles. The fourth-order valence-electron chi connectivity index (χ4n) is 8.05. The molecule has 1 N–H and O–H groups in total. The number of hydrogen-bond donors (Lipinski definition) is 1. The Balaban J connectivity index is 1.45. The number of benzene rings is 4. The summed E-state index contributed by atoms with van der Waals surface area (Å²) in [4.78, 5) is 32.0. The minimum absolute atomic E-state index is 0.0173. The van der Waals surface area contributed by atoms with E-state index in [4.69, 9.17) is 34.4 Å². The Morgan fingerprint density at radius 1 is 0.882 bits per heavy atom. The molecular weight excluding hydrogens is 878 g/mol. The molecule has 1 saturated heterocycles. The molecule has 5 aromatic rings. The number of ether oxygens (including phenoxy) is 4. The van der Waals surface area contributed by atoms with Gasteiger partial charge in [0.15, 0.2) is 5.82 Å². The molecule has 0 bridgehead atoms. The highest BCUT2D eigenvalue weighted by molar-refractivity contribution is 7.44. The van der Waals surface area contributed by atoms with Crippen molar-refractivity contribution in [3.8, 4) is 41.8 Å². The fourth-order valence-corrected chi connectivity index (χ4v) is 9.81. The molecule has 354 valence electrons. The highest BCUT2D eigenvalue weighted by Crippen LogP contribution is 2.51. The Kier molecular flexibility index (Phi) is 18.9. The summed E-state index contributed by atoms with van der Waals surface area (Å²) in [5, 5.41) is 12.3. The van der Waals surface area contributed by atoms with Gasteiger partial charge < -0.3 is 33.3 Å². The molecule has 13 nitrogen and oxygen atoms in total. The van der Waals surface area contributed by atoms with E-state index in [1.54, 1.807) is 44.7 Å². The summed E-state index contributed by atoms with van der Waals surface area (Å²) in [5.74, 6) is 9.97. The van der Waals surface area contributed by atoms with Crippen LogP contribution in [0.5, 0.6) is 11.5 Å². The third-order valence-corrected chi connectivity index (χ3v) is 13.5. The lowest BCUT2D eigenvalue weighted by Crippen LogP contribution is -2.39. The predicted molar refractivity (Wildman–Crippen MR) is 264 cm³/mol. The van der Waals surface area contributed by atoms with E-state index in [2.05, 4.69) is 66.5 Å². The molecule has 1 aromatic heterocycles. The number of unbranched alkanes of at least 4 members (excludes halogenated alkanes) is 3. The minimum Gasteiger partial charge on any atom is -0.497 e. The van der Waals surface area contributed by atoms with Gasteiger partial charge in [-0.05, 0) is 93.6 Å². The van der Waals surface area contributed by atoms with Gasteiger partial charge in [0.2, 0.25) is 0 Å². The van der Waals surface area contributed by atoms with Gasteiger partial charge in [-0.3, -0.25) is 9.36 Å². The number of rotatable bonds is 22. The third kappa shape index (κ3) is 12.8. The lowest BCUT2D eigenvalue weighted by Gasteiger charge is -2.39. The van der Waals surface area contributed by atoms with Gasteiger partial charge >= 0.3 is 5.69 Å². The average molecular weight is 938 g/mol. The first-order chi connectivity index (χ1) is 33.0. The molecule has 1 aliphatic heterocycles. The van der Waals surface area contributed by atoms with Crippen molar-refractivity contribution in [1.29, 1.82) is 5.26 Å². The third-order valence-electron chi connectivity index (χ3n) is 11.3. The largest absolute Gasteiger partial charge is 0.497 e. The van der Waals surface area contributed by atoms with Gasteiger partial charge in [0, 0.05) is 43.1 Å². The van der Waals surface area contributed by atoms with Crippen molar-refractivity contribution in [2.45, 2.75) is 102 Å². The molecule has 0 radical (unpaired) electrons. The second-order valence-electron chi connectivity index (χ2n) is 16.6. The number of nitrogens with zero attached hydrogens (tertiary/aromatic N) is 4. The fraction of sp³-hybridized carbons (Fsp3) is 0.370. The van der Waals surface area contributed by atoms with Gasteiger partial charge in [-0.25, -0.2) is 9.46 Å². The Hall–Kier alpha value is -6.33. The van der Waals surface area contributed by atoms with Crippen molar-refractivity contribution in [3.63, 3.8) is 0 Å². The maximum absolute atomic E-state index is 14.2. The first kappa shape index (κ1) is 51.1. The van der Waals surface area contributed by atoms with Crippen LogP contribution in [-0.4, -0.2) is 71.9 Å². The first-order valence-electron chi connectivity index (χ1n) is 22.8. The number of amides is 1. The number of methoxy groups -OCH3 is 2. The van der Waals surface area contributed by atoms with E-state index in [1.165, 1.54) is 4.57 Å². The second-order valence-corrected chi connectivity index (χ2v) is 18.0. The molecular formula is C54H60N5O8P. The molecule has 0 spiro atoms. The van der Waals surface area contributed by atoms with Crippen LogP contribution in [0.15, 0.2) is 120 Å². The van der Waals surface area contributed by atoms with Crippen molar-refractivity contribution < 1.29 is 32.8 Å². The van der Waals surface area contributed by atoms with Crippen LogP contribution in [0.4, 0.5) is 5.82 Å². The number of terminal acetylenes is 1. The molecule has 1 fully saturated rings. The van der Waals surface area contributed by atoms with Gasteiger partial charge in [0.1, 0.15) is 29.4 Å². The molecule has 2 heterocycles. The smallest absolute Gasteiger partial charge is 0.351 e. The minimum atomic E-state index is -1.75. The second kappa shape index (κ2) is 25.2. The van der Waals surface area contributed by atoms with Crippen LogP contribution in [-0.2, 0) is 24.1 Å². The number of anilines is 1. The van der Waals surface area contributed by atoms with E-state index < -0.39 is 44.2 Å². The number of hydrogen-bond acceptors (Lipinski definition) is 11. The van der Waals surface area contributed by atoms with Crippen molar-refractivity contribution in [2.24, 2.45) is 0 Å². The lowest BCUT2D eigenvalue weighted by atomic mass is 9.80. The van der Waals surface area contributed by atoms with Crippen LogP contribution in [0, 0.1) is 35.5 Å². The highest BCUT2D eigenvalue weighted by atomic mass is 31.2. The summed E-state index contributed by atoms with van der Waals surface area (Å²) in [7, 11) is 1.49. The molecule has 1 unspecified atom stereocenters. The molecule has 14 heteroatoms. The molecule has 68 heavy (non-hydrogen) atoms. The van der Waals surface area contributed by atoms with Crippen LogP contribution in [0.1, 0.15) is 105 Å². The van der Waals surface area contributed by atoms with Crippen LogP contribution in [0.3, 0.4) is 0 Å². The van der Waals surface area contributed by atoms with Crippen molar-refractivity contribution in [2.75, 3.05) is 32.8 Å². The first-order valence-corrected chi connectivity index (χ1v) is 24.0. The van der Waals surface area contributed by atoms with E-state index in [-0.39, 0.29) is 44.0 Å². The van der Waals surface area contributed by atoms with Gasteiger partial charge in [0.05, 0.1) is 51.6 Å². The van der Waals surface area contributed by atoms with Crippen LogP contribution < -0.4 is 20.5 Å². The van der Waals surface area contributed by atoms with Crippen LogP contribution in [0.2, 0.25) is 0 Å². The quantitative estimate of drug-likeness (QED) is 0.0306. The predicted octanol–water partition coefficient (Wildman–Crippen LogP) is 10.0. The zero-order valence-corrected chi connectivity index (χ0v) is 40.5. The zero-order chi connectivity index (χ0) is 48.5. The Morgan fingerprint density at radius 2 is 1.47 bits per heavy atom. The topological polar surface area (TPSA) is 146 Å². The summed E-state index contributed by atoms with van der Waals surface area (Å²) in [6.07, 6.45) is 7.83. The summed E-state index contributed by atoms with van der Waals surface area (Å²) >= 11 is 0. The molecule has 1 aliphatic rings. The van der Waals surface area contributed by atoms with E-state index in [0.29, 0.717) is 35.5 Å². The van der Waals surface area contributed by atoms with Gasteiger partial charge in [-0.15, -0.1) is 12.3 Å². The maximum atomic E-state index is 14.2. The van der Waals surface area contributed by atoms with Gasteiger partial charge in [-0.2, -0.15) is 10.2 Å². The Bertz CT molecular complexity index is 2550. The van der Waals surface area contributed by atoms with Gasteiger partial charge in [-0.1, -0.05) is 84.6 Å². The standard InChI is InChI=1S/C54H60N5O8P/c1-8-9-10-11-12-15-23-42-37-58(53(61)57-51(42)56-52(60)41-21-16-13-17-22-41)50-36-48(67-68(65-35-20-34-55)59(39(2)3)40(4)5)49(66-50)38-64-54(43-24-18-14-19-25-43,44-26-30-46(62-6)31-27-44)45-28-32-47(63-7)33-29-45/h1,13-14,16-19,21-22,24-33,37,39-40,48-50H,9-12,20,35-36,38H2,2-7H3,(H,56,57,60,61)/t48-,49+,50+,68?/m0/s1. The molecule has 4 aromatic carbocycles. The number of nitriles is 1. The lowest BCUT2D eigenvalue weighted by molar-refractivity contribution is -0.0925. The summed E-state index contributed by atoms with van der Waals surface area (Å²) < 4.78 is 42.4. The Labute approximate surface area is 401 Å². The molecule has 1 amide bonds. The normalized spacial score (nSPS) is 16.1. The zero-order valence-electron chi connectivity index (χ0n) is 39.6. The highest BCUT2D eigenvalue weighted by Gasteiger charge is 2.45. The number of carbonyl (C=O) groups excluding carboxylic acids is 1. The average Bonchev–Trinajstić information content (AvgIpc) is 3.75. The van der Waals surface area contributed by atoms with Crippen LogP contribution in [0.25, 0.3) is 0 Å². The van der Waals surface area contributed by atoms with E-state index in [9.17, 15) is 14.9 Å². The molecule has 6 rings (SSSR count). The van der Waals surface area contributed by atoms with E-state index in [1.807, 2.05) is 84.9 Å². The number of nitrogens with one attached hydrogen (secondary N) is 1. The van der Waals surface area contributed by atoms with Crippen molar-refractivity contribution >= 4 is 20.3 Å². The number of aromatic nitrogens is 2. The van der Waals surface area contributed by atoms with E-state index in [0.717, 1.165) is 29.5 Å². The van der Waals surface area contributed by atoms with Crippen molar-refractivity contribution in [3.05, 3.63) is 154 Å². The van der Waals surface area contributed by atoms with E-state index >= 15 is 0 Å². The summed E-state index contributed by atoms with van der Waals surface area (Å²) in [5.41, 5.74) is 1.38. The van der Waals surface area contributed by atoms with Crippen LogP contribution >= 0.6 is 8.53 Å².